The van der Waals surface area contributed by atoms with Gasteiger partial charge >= 0.3 is 0 Å². The summed E-state index contributed by atoms with van der Waals surface area (Å²) in [7, 11) is 0. The van der Waals surface area contributed by atoms with Crippen LogP contribution in [0, 0.1) is 0 Å². The molecule has 0 atom stereocenters. The fraction of sp³-hybridized carbons (Fsp3) is 0. The van der Waals surface area contributed by atoms with Gasteiger partial charge in [0.2, 0.25) is 0 Å². The molecule has 2 heteroatoms. The Hall–Kier alpha value is -8.98. The van der Waals surface area contributed by atoms with E-state index in [2.05, 4.69) is 276 Å². The van der Waals surface area contributed by atoms with E-state index in [1.807, 2.05) is 0 Å². The predicted molar refractivity (Wildman–Crippen MR) is 290 cm³/mol. The molecule has 0 aliphatic heterocycles. The van der Waals surface area contributed by atoms with E-state index in [4.69, 9.17) is 0 Å². The molecule has 0 aliphatic carbocycles. The van der Waals surface area contributed by atoms with Crippen LogP contribution in [0.15, 0.2) is 267 Å². The molecule has 1 heterocycles. The Morgan fingerprint density at radius 1 is 0.265 bits per heavy atom. The number of nitrogens with zero attached hydrogens (tertiary/aromatic N) is 2. The van der Waals surface area contributed by atoms with Gasteiger partial charge in [0.15, 0.2) is 0 Å². The summed E-state index contributed by atoms with van der Waals surface area (Å²) in [6.45, 7) is 0. The van der Waals surface area contributed by atoms with Crippen LogP contribution in [0.2, 0.25) is 0 Å². The summed E-state index contributed by atoms with van der Waals surface area (Å²) in [5.74, 6) is 0. The van der Waals surface area contributed by atoms with Gasteiger partial charge in [-0.25, -0.2) is 0 Å². The van der Waals surface area contributed by atoms with Gasteiger partial charge in [-0.05, 0) is 137 Å². The Morgan fingerprint density at radius 3 is 1.54 bits per heavy atom. The zero-order chi connectivity index (χ0) is 45.0. The van der Waals surface area contributed by atoms with Crippen LogP contribution in [-0.2, 0) is 0 Å². The van der Waals surface area contributed by atoms with Gasteiger partial charge in [-0.3, -0.25) is 0 Å². The number of hydrogen-bond acceptors (Lipinski definition) is 1. The van der Waals surface area contributed by atoms with Crippen molar-refractivity contribution in [1.82, 2.24) is 4.57 Å². The summed E-state index contributed by atoms with van der Waals surface area (Å²) in [5.41, 5.74) is 16.4. The Kier molecular flexibility index (Phi) is 9.54. The van der Waals surface area contributed by atoms with Crippen molar-refractivity contribution in [3.8, 4) is 50.2 Å². The first-order chi connectivity index (χ1) is 33.8. The summed E-state index contributed by atoms with van der Waals surface area (Å²) in [6.07, 6.45) is 0. The molecule has 0 fully saturated rings. The summed E-state index contributed by atoms with van der Waals surface area (Å²) < 4.78 is 2.39. The Balaban J connectivity index is 1.04. The monoisotopic (exact) mass is 864 g/mol. The number of para-hydroxylation sites is 2. The van der Waals surface area contributed by atoms with Gasteiger partial charge in [-0.1, -0.05) is 206 Å². The molecule has 0 radical (unpaired) electrons. The van der Waals surface area contributed by atoms with E-state index in [1.165, 1.54) is 98.6 Å². The van der Waals surface area contributed by atoms with Crippen LogP contribution in [0.5, 0.6) is 0 Å². The minimum atomic E-state index is 1.08. The summed E-state index contributed by atoms with van der Waals surface area (Å²) in [6, 6.07) is 97.5. The van der Waals surface area contributed by atoms with Crippen LogP contribution in [-0.4, -0.2) is 4.57 Å². The minimum Gasteiger partial charge on any atom is -0.310 e. The van der Waals surface area contributed by atoms with Gasteiger partial charge in [-0.15, -0.1) is 0 Å². The van der Waals surface area contributed by atoms with E-state index < -0.39 is 0 Å². The second-order valence-corrected chi connectivity index (χ2v) is 17.6. The van der Waals surface area contributed by atoms with E-state index in [9.17, 15) is 0 Å². The zero-order valence-corrected chi connectivity index (χ0v) is 37.3. The van der Waals surface area contributed by atoms with Crippen LogP contribution in [0.4, 0.5) is 17.1 Å². The molecule has 2 nitrogen and oxygen atoms in total. The lowest BCUT2D eigenvalue weighted by atomic mass is 9.85. The molecule has 0 saturated heterocycles. The van der Waals surface area contributed by atoms with Crippen molar-refractivity contribution in [2.75, 3.05) is 4.90 Å². The SMILES string of the molecule is c1ccc(-c2c(-c3ccccc3)c3cc(N(c4ccc(-c5cccc6c5c5ccccc5n6-c5ccccc5)cc4)c4cccc(-c5cccc6ccccc56)c4)ccc3c3ccccc23)cc1. The maximum atomic E-state index is 2.44. The first kappa shape index (κ1) is 39.4. The molecule has 0 N–H and O–H groups in total. The third kappa shape index (κ3) is 6.57. The van der Waals surface area contributed by atoms with Crippen LogP contribution in [0.1, 0.15) is 0 Å². The summed E-state index contributed by atoms with van der Waals surface area (Å²) in [5, 5.41) is 9.89. The number of hydrogen-bond donors (Lipinski definition) is 0. The second kappa shape index (κ2) is 16.5. The van der Waals surface area contributed by atoms with Gasteiger partial charge in [0.05, 0.1) is 11.0 Å². The van der Waals surface area contributed by atoms with Gasteiger partial charge in [-0.2, -0.15) is 0 Å². The molecule has 1 aromatic heterocycles. The van der Waals surface area contributed by atoms with Crippen molar-refractivity contribution in [2.24, 2.45) is 0 Å². The van der Waals surface area contributed by atoms with E-state index in [-0.39, 0.29) is 0 Å². The highest BCUT2D eigenvalue weighted by molar-refractivity contribution is 6.22. The summed E-state index contributed by atoms with van der Waals surface area (Å²) >= 11 is 0. The average Bonchev–Trinajstić information content (AvgIpc) is 3.76. The molecule has 13 aromatic rings. The van der Waals surface area contributed by atoms with E-state index >= 15 is 0 Å². The first-order valence-electron chi connectivity index (χ1n) is 23.4. The smallest absolute Gasteiger partial charge is 0.0547 e. The highest BCUT2D eigenvalue weighted by atomic mass is 15.1. The quantitative estimate of drug-likeness (QED) is 0.138. The fourth-order valence-electron chi connectivity index (χ4n) is 10.8. The van der Waals surface area contributed by atoms with E-state index in [0.29, 0.717) is 0 Å². The van der Waals surface area contributed by atoms with Crippen LogP contribution < -0.4 is 4.90 Å². The van der Waals surface area contributed by atoms with Crippen molar-refractivity contribution in [2.45, 2.75) is 0 Å². The molecule has 318 valence electrons. The molecule has 68 heavy (non-hydrogen) atoms. The second-order valence-electron chi connectivity index (χ2n) is 17.6. The first-order valence-corrected chi connectivity index (χ1v) is 23.4. The zero-order valence-electron chi connectivity index (χ0n) is 37.3. The molecule has 0 unspecified atom stereocenters. The molecule has 12 aromatic carbocycles. The number of aromatic nitrogens is 1. The lowest BCUT2D eigenvalue weighted by molar-refractivity contribution is 1.18. The normalized spacial score (nSPS) is 11.5. The number of anilines is 3. The van der Waals surface area contributed by atoms with Crippen molar-refractivity contribution in [3.63, 3.8) is 0 Å². The largest absolute Gasteiger partial charge is 0.310 e. The van der Waals surface area contributed by atoms with E-state index in [1.54, 1.807) is 0 Å². The van der Waals surface area contributed by atoms with Crippen LogP contribution >= 0.6 is 0 Å². The predicted octanol–water partition coefficient (Wildman–Crippen LogP) is 18.4. The molecule has 0 amide bonds. The van der Waals surface area contributed by atoms with Gasteiger partial charge < -0.3 is 9.47 Å². The third-order valence-electron chi connectivity index (χ3n) is 13.7. The lowest BCUT2D eigenvalue weighted by Crippen LogP contribution is -2.10. The van der Waals surface area contributed by atoms with Crippen LogP contribution in [0.25, 0.3) is 104 Å². The van der Waals surface area contributed by atoms with Crippen molar-refractivity contribution in [1.29, 1.82) is 0 Å². The Labute approximate surface area is 395 Å². The number of benzene rings is 12. The highest BCUT2D eigenvalue weighted by Gasteiger charge is 2.22. The maximum absolute atomic E-state index is 2.44. The lowest BCUT2D eigenvalue weighted by Gasteiger charge is -2.27. The molecule has 0 spiro atoms. The van der Waals surface area contributed by atoms with Crippen molar-refractivity contribution < 1.29 is 0 Å². The van der Waals surface area contributed by atoms with Gasteiger partial charge in [0, 0.05) is 33.5 Å². The molecule has 0 bridgehead atoms. The topological polar surface area (TPSA) is 8.17 Å². The molecule has 0 saturated carbocycles. The standard InChI is InChI=1S/C66H44N2/c1-4-20-47(21-5-1)64-59-31-13-12-30-57(59)58-42-41-53(44-61(58)65(64)48-22-6-2-7-23-48)67(52-28-16-25-49(43-52)55-33-17-24-45-19-10-11-29-54(45)55)51-39-37-46(38-40-51)56-34-18-36-63-66(56)60-32-14-15-35-62(60)68(63)50-26-8-3-9-27-50/h1-44H. The Morgan fingerprint density at radius 2 is 0.779 bits per heavy atom. The minimum absolute atomic E-state index is 1.08. The maximum Gasteiger partial charge on any atom is 0.0547 e. The number of rotatable bonds is 8. The average molecular weight is 865 g/mol. The molecular formula is C66H44N2. The fourth-order valence-corrected chi connectivity index (χ4v) is 10.8. The van der Waals surface area contributed by atoms with Gasteiger partial charge in [0.25, 0.3) is 0 Å². The molecule has 0 aliphatic rings. The summed E-state index contributed by atoms with van der Waals surface area (Å²) in [4.78, 5) is 2.44. The molecule has 13 rings (SSSR count). The van der Waals surface area contributed by atoms with Crippen molar-refractivity contribution >= 4 is 71.2 Å². The van der Waals surface area contributed by atoms with E-state index in [0.717, 1.165) is 22.7 Å². The van der Waals surface area contributed by atoms with Crippen molar-refractivity contribution in [3.05, 3.63) is 267 Å². The third-order valence-corrected chi connectivity index (χ3v) is 13.7. The van der Waals surface area contributed by atoms with Crippen LogP contribution in [0.3, 0.4) is 0 Å². The van der Waals surface area contributed by atoms with Gasteiger partial charge in [0.1, 0.15) is 0 Å². The highest BCUT2D eigenvalue weighted by Crippen LogP contribution is 2.48. The number of fused-ring (bicyclic) bond motifs is 7. The molecular weight excluding hydrogens is 821 g/mol. The Bertz CT molecular complexity index is 4000.